The van der Waals surface area contributed by atoms with E-state index >= 15 is 0 Å². The SMILES string of the molecule is CCC1CN(C2CNCC2CC)CCO1. The first kappa shape index (κ1) is 11.4. The Morgan fingerprint density at radius 1 is 1.27 bits per heavy atom. The maximum Gasteiger partial charge on any atom is 0.0700 e. The number of hydrogen-bond donors (Lipinski definition) is 1. The molecule has 0 saturated carbocycles. The summed E-state index contributed by atoms with van der Waals surface area (Å²) in [6.45, 7) is 10.1. The second kappa shape index (κ2) is 5.28. The molecule has 3 unspecified atom stereocenters. The molecule has 3 heteroatoms. The van der Waals surface area contributed by atoms with Gasteiger partial charge in [-0.25, -0.2) is 0 Å². The Balaban J connectivity index is 1.91. The van der Waals surface area contributed by atoms with Crippen LogP contribution in [0.25, 0.3) is 0 Å². The van der Waals surface area contributed by atoms with E-state index in [4.69, 9.17) is 4.74 Å². The molecule has 15 heavy (non-hydrogen) atoms. The van der Waals surface area contributed by atoms with Crippen LogP contribution in [-0.4, -0.2) is 49.8 Å². The van der Waals surface area contributed by atoms with Crippen LogP contribution < -0.4 is 5.32 Å². The van der Waals surface area contributed by atoms with Gasteiger partial charge in [0.1, 0.15) is 0 Å². The van der Waals surface area contributed by atoms with Crippen molar-refractivity contribution in [2.24, 2.45) is 5.92 Å². The number of hydrogen-bond acceptors (Lipinski definition) is 3. The fraction of sp³-hybridized carbons (Fsp3) is 1.00. The van der Waals surface area contributed by atoms with E-state index in [-0.39, 0.29) is 0 Å². The van der Waals surface area contributed by atoms with Gasteiger partial charge in [-0.1, -0.05) is 20.3 Å². The Kier molecular flexibility index (Phi) is 4.00. The van der Waals surface area contributed by atoms with Crippen LogP contribution in [-0.2, 0) is 4.74 Å². The number of ether oxygens (including phenoxy) is 1. The van der Waals surface area contributed by atoms with E-state index in [2.05, 4.69) is 24.1 Å². The van der Waals surface area contributed by atoms with Gasteiger partial charge in [-0.15, -0.1) is 0 Å². The molecule has 2 saturated heterocycles. The molecule has 0 aromatic rings. The molecular weight excluding hydrogens is 188 g/mol. The Bertz CT molecular complexity index is 198. The summed E-state index contributed by atoms with van der Waals surface area (Å²) in [5.74, 6) is 0.848. The van der Waals surface area contributed by atoms with E-state index in [1.165, 1.54) is 19.5 Å². The number of morpholine rings is 1. The molecule has 3 nitrogen and oxygen atoms in total. The average Bonchev–Trinajstić information content (AvgIpc) is 2.77. The number of nitrogens with one attached hydrogen (secondary N) is 1. The van der Waals surface area contributed by atoms with Crippen LogP contribution >= 0.6 is 0 Å². The lowest BCUT2D eigenvalue weighted by Gasteiger charge is -2.38. The quantitative estimate of drug-likeness (QED) is 0.758. The molecule has 0 amide bonds. The molecule has 2 heterocycles. The van der Waals surface area contributed by atoms with Gasteiger partial charge in [0.15, 0.2) is 0 Å². The minimum Gasteiger partial charge on any atom is -0.376 e. The highest BCUT2D eigenvalue weighted by Crippen LogP contribution is 2.21. The molecule has 0 aliphatic carbocycles. The van der Waals surface area contributed by atoms with Crippen LogP contribution in [0.3, 0.4) is 0 Å². The normalized spacial score (nSPS) is 38.4. The van der Waals surface area contributed by atoms with Gasteiger partial charge in [-0.2, -0.15) is 0 Å². The van der Waals surface area contributed by atoms with E-state index in [0.29, 0.717) is 6.10 Å². The maximum absolute atomic E-state index is 5.72. The molecule has 0 aromatic heterocycles. The van der Waals surface area contributed by atoms with Crippen molar-refractivity contribution in [1.29, 1.82) is 0 Å². The van der Waals surface area contributed by atoms with Gasteiger partial charge in [0.05, 0.1) is 12.7 Å². The molecule has 3 atom stereocenters. The van der Waals surface area contributed by atoms with Gasteiger partial charge in [-0.05, 0) is 18.9 Å². The van der Waals surface area contributed by atoms with E-state index in [9.17, 15) is 0 Å². The van der Waals surface area contributed by atoms with Crippen molar-refractivity contribution < 1.29 is 4.74 Å². The van der Waals surface area contributed by atoms with Gasteiger partial charge in [0.25, 0.3) is 0 Å². The first-order valence-electron chi connectivity index (χ1n) is 6.41. The van der Waals surface area contributed by atoms with E-state index in [0.717, 1.165) is 38.1 Å². The first-order valence-corrected chi connectivity index (χ1v) is 6.41. The highest BCUT2D eigenvalue weighted by atomic mass is 16.5. The Morgan fingerprint density at radius 2 is 2.13 bits per heavy atom. The highest BCUT2D eigenvalue weighted by Gasteiger charge is 2.33. The predicted molar refractivity (Wildman–Crippen MR) is 62.0 cm³/mol. The fourth-order valence-corrected chi connectivity index (χ4v) is 2.85. The molecule has 0 spiro atoms. The van der Waals surface area contributed by atoms with Crippen LogP contribution in [0.15, 0.2) is 0 Å². The minimum absolute atomic E-state index is 0.469. The molecule has 0 radical (unpaired) electrons. The summed E-state index contributed by atoms with van der Waals surface area (Å²) in [6, 6.07) is 0.757. The van der Waals surface area contributed by atoms with Crippen LogP contribution in [0, 0.1) is 5.92 Å². The zero-order chi connectivity index (χ0) is 10.7. The number of rotatable bonds is 3. The van der Waals surface area contributed by atoms with Gasteiger partial charge in [-0.3, -0.25) is 4.90 Å². The zero-order valence-electron chi connectivity index (χ0n) is 10.0. The smallest absolute Gasteiger partial charge is 0.0700 e. The van der Waals surface area contributed by atoms with Crippen LogP contribution in [0.2, 0.25) is 0 Å². The summed E-state index contributed by atoms with van der Waals surface area (Å²) in [5.41, 5.74) is 0. The Morgan fingerprint density at radius 3 is 2.87 bits per heavy atom. The average molecular weight is 212 g/mol. The number of nitrogens with zero attached hydrogens (tertiary/aromatic N) is 1. The summed E-state index contributed by atoms with van der Waals surface area (Å²) < 4.78 is 5.72. The molecule has 2 aliphatic heterocycles. The topological polar surface area (TPSA) is 24.5 Å². The molecule has 0 aromatic carbocycles. The molecule has 1 N–H and O–H groups in total. The monoisotopic (exact) mass is 212 g/mol. The second-order valence-corrected chi connectivity index (χ2v) is 4.79. The lowest BCUT2D eigenvalue weighted by Crippen LogP contribution is -2.50. The Labute approximate surface area is 93.2 Å². The highest BCUT2D eigenvalue weighted by molar-refractivity contribution is 4.89. The summed E-state index contributed by atoms with van der Waals surface area (Å²) in [6.07, 6.45) is 2.91. The molecule has 2 aliphatic rings. The Hall–Kier alpha value is -0.120. The van der Waals surface area contributed by atoms with Crippen molar-refractivity contribution in [2.75, 3.05) is 32.8 Å². The summed E-state index contributed by atoms with van der Waals surface area (Å²) in [5, 5.41) is 3.52. The summed E-state index contributed by atoms with van der Waals surface area (Å²) in [4.78, 5) is 2.64. The summed E-state index contributed by atoms with van der Waals surface area (Å²) >= 11 is 0. The van der Waals surface area contributed by atoms with Crippen molar-refractivity contribution in [3.05, 3.63) is 0 Å². The van der Waals surface area contributed by atoms with Gasteiger partial charge >= 0.3 is 0 Å². The minimum atomic E-state index is 0.469. The van der Waals surface area contributed by atoms with Crippen molar-refractivity contribution in [2.45, 2.75) is 38.8 Å². The van der Waals surface area contributed by atoms with E-state index in [1.54, 1.807) is 0 Å². The van der Waals surface area contributed by atoms with Crippen molar-refractivity contribution in [3.63, 3.8) is 0 Å². The third kappa shape index (κ3) is 2.52. The predicted octanol–water partition coefficient (Wildman–Crippen LogP) is 1.10. The van der Waals surface area contributed by atoms with E-state index in [1.807, 2.05) is 0 Å². The lowest BCUT2D eigenvalue weighted by atomic mass is 9.98. The molecule has 2 fully saturated rings. The molecular formula is C12H24N2O. The zero-order valence-corrected chi connectivity index (χ0v) is 10.0. The van der Waals surface area contributed by atoms with Crippen molar-refractivity contribution >= 4 is 0 Å². The third-order valence-electron chi connectivity index (χ3n) is 3.92. The van der Waals surface area contributed by atoms with Gasteiger partial charge in [0, 0.05) is 25.7 Å². The van der Waals surface area contributed by atoms with E-state index < -0.39 is 0 Å². The standard InChI is InChI=1S/C12H24N2O/c1-3-10-7-13-8-12(10)14-5-6-15-11(4-2)9-14/h10-13H,3-9H2,1-2H3. The third-order valence-corrected chi connectivity index (χ3v) is 3.92. The lowest BCUT2D eigenvalue weighted by molar-refractivity contribution is -0.0474. The summed E-state index contributed by atoms with van der Waals surface area (Å²) in [7, 11) is 0. The fourth-order valence-electron chi connectivity index (χ4n) is 2.85. The van der Waals surface area contributed by atoms with Crippen LogP contribution in [0.4, 0.5) is 0 Å². The second-order valence-electron chi connectivity index (χ2n) is 4.79. The van der Waals surface area contributed by atoms with Gasteiger partial charge in [0.2, 0.25) is 0 Å². The van der Waals surface area contributed by atoms with Gasteiger partial charge < -0.3 is 10.1 Å². The first-order chi connectivity index (χ1) is 7.35. The van der Waals surface area contributed by atoms with Crippen LogP contribution in [0.5, 0.6) is 0 Å². The van der Waals surface area contributed by atoms with Crippen LogP contribution in [0.1, 0.15) is 26.7 Å². The molecule has 2 rings (SSSR count). The maximum atomic E-state index is 5.72. The molecule has 0 bridgehead atoms. The largest absolute Gasteiger partial charge is 0.376 e. The van der Waals surface area contributed by atoms with Crippen molar-refractivity contribution in [3.8, 4) is 0 Å². The molecule has 88 valence electrons. The van der Waals surface area contributed by atoms with Crippen molar-refractivity contribution in [1.82, 2.24) is 10.2 Å².